The van der Waals surface area contributed by atoms with E-state index in [1.165, 1.54) is 18.3 Å². The van der Waals surface area contributed by atoms with E-state index in [2.05, 4.69) is 15.3 Å². The largest absolute Gasteiger partial charge is 0.439 e. The van der Waals surface area contributed by atoms with Crippen LogP contribution in [-0.4, -0.2) is 15.9 Å². The van der Waals surface area contributed by atoms with Crippen molar-refractivity contribution in [2.45, 2.75) is 13.1 Å². The van der Waals surface area contributed by atoms with Gasteiger partial charge in [-0.25, -0.2) is 4.98 Å². The standard InChI is InChI=1S/C22H16F3N3O2/c1-13-2-7-17(8-3-13)30-20-9-6-16(12-26-20)27-21(29)19-10-14-4-5-15(22(23,24)25)11-18(14)28-19/h2-12,28H,1H3,(H,27,29). The van der Waals surface area contributed by atoms with Crippen LogP contribution in [0.25, 0.3) is 10.9 Å². The summed E-state index contributed by atoms with van der Waals surface area (Å²) >= 11 is 0. The number of halogens is 3. The molecule has 0 unspecified atom stereocenters. The Labute approximate surface area is 169 Å². The lowest BCUT2D eigenvalue weighted by Crippen LogP contribution is -2.12. The second-order valence-corrected chi connectivity index (χ2v) is 6.74. The number of hydrogen-bond acceptors (Lipinski definition) is 3. The maximum absolute atomic E-state index is 12.8. The highest BCUT2D eigenvalue weighted by Gasteiger charge is 2.30. The van der Waals surface area contributed by atoms with Gasteiger partial charge in [-0.1, -0.05) is 23.8 Å². The van der Waals surface area contributed by atoms with Crippen molar-refractivity contribution >= 4 is 22.5 Å². The molecule has 2 N–H and O–H groups in total. The molecule has 2 heterocycles. The first-order chi connectivity index (χ1) is 14.3. The summed E-state index contributed by atoms with van der Waals surface area (Å²) in [6.45, 7) is 1.97. The molecular weight excluding hydrogens is 395 g/mol. The van der Waals surface area contributed by atoms with Crippen LogP contribution in [0.2, 0.25) is 0 Å². The van der Waals surface area contributed by atoms with Gasteiger partial charge in [0.2, 0.25) is 5.88 Å². The summed E-state index contributed by atoms with van der Waals surface area (Å²) in [6, 6.07) is 15.5. The van der Waals surface area contributed by atoms with Crippen LogP contribution in [-0.2, 0) is 6.18 Å². The molecular formula is C22H16F3N3O2. The highest BCUT2D eigenvalue weighted by molar-refractivity contribution is 6.05. The van der Waals surface area contributed by atoms with Crippen molar-refractivity contribution in [3.8, 4) is 11.6 Å². The lowest BCUT2D eigenvalue weighted by atomic mass is 10.1. The molecule has 0 fully saturated rings. The minimum absolute atomic E-state index is 0.143. The molecule has 30 heavy (non-hydrogen) atoms. The number of pyridine rings is 1. The second-order valence-electron chi connectivity index (χ2n) is 6.74. The highest BCUT2D eigenvalue weighted by atomic mass is 19.4. The first-order valence-corrected chi connectivity index (χ1v) is 9.00. The highest BCUT2D eigenvalue weighted by Crippen LogP contribution is 2.31. The van der Waals surface area contributed by atoms with Gasteiger partial charge in [-0.3, -0.25) is 4.79 Å². The number of carbonyl (C=O) groups excluding carboxylic acids is 1. The lowest BCUT2D eigenvalue weighted by molar-refractivity contribution is -0.137. The Hall–Kier alpha value is -3.81. The van der Waals surface area contributed by atoms with Crippen molar-refractivity contribution in [3.63, 3.8) is 0 Å². The zero-order valence-corrected chi connectivity index (χ0v) is 15.7. The van der Waals surface area contributed by atoms with Gasteiger partial charge in [0.05, 0.1) is 17.4 Å². The third kappa shape index (κ3) is 4.27. The molecule has 0 saturated heterocycles. The van der Waals surface area contributed by atoms with Gasteiger partial charge in [-0.2, -0.15) is 13.2 Å². The summed E-state index contributed by atoms with van der Waals surface area (Å²) in [6.07, 6.45) is -3.01. The first-order valence-electron chi connectivity index (χ1n) is 9.00. The fourth-order valence-corrected chi connectivity index (χ4v) is 2.87. The fraction of sp³-hybridized carbons (Fsp3) is 0.0909. The normalized spacial score (nSPS) is 11.5. The van der Waals surface area contributed by atoms with Gasteiger partial charge >= 0.3 is 6.18 Å². The number of aryl methyl sites for hydroxylation is 1. The number of nitrogens with one attached hydrogen (secondary N) is 2. The molecule has 0 atom stereocenters. The minimum atomic E-state index is -4.45. The number of aromatic amines is 1. The van der Waals surface area contributed by atoms with Gasteiger partial charge in [-0.15, -0.1) is 0 Å². The van der Waals surface area contributed by atoms with E-state index in [9.17, 15) is 18.0 Å². The van der Waals surface area contributed by atoms with Crippen LogP contribution in [0.4, 0.5) is 18.9 Å². The third-order valence-electron chi connectivity index (χ3n) is 4.43. The maximum atomic E-state index is 12.8. The summed E-state index contributed by atoms with van der Waals surface area (Å²) in [5, 5.41) is 3.16. The smallest absolute Gasteiger partial charge is 0.416 e. The number of ether oxygens (including phenoxy) is 1. The predicted molar refractivity (Wildman–Crippen MR) is 107 cm³/mol. The summed E-state index contributed by atoms with van der Waals surface area (Å²) in [5.41, 5.74) is 1.13. The summed E-state index contributed by atoms with van der Waals surface area (Å²) in [7, 11) is 0. The summed E-state index contributed by atoms with van der Waals surface area (Å²) < 4.78 is 44.2. The number of alkyl halides is 3. The molecule has 4 rings (SSSR count). The number of anilines is 1. The van der Waals surface area contributed by atoms with Crippen LogP contribution in [0.3, 0.4) is 0 Å². The fourth-order valence-electron chi connectivity index (χ4n) is 2.87. The van der Waals surface area contributed by atoms with Crippen molar-refractivity contribution in [3.05, 3.63) is 83.7 Å². The second kappa shape index (κ2) is 7.55. The molecule has 2 aromatic carbocycles. The van der Waals surface area contributed by atoms with Crippen LogP contribution < -0.4 is 10.1 Å². The number of rotatable bonds is 4. The Bertz CT molecular complexity index is 1200. The number of nitrogens with zero attached hydrogens (tertiary/aromatic N) is 1. The molecule has 5 nitrogen and oxygen atoms in total. The number of amides is 1. The van der Waals surface area contributed by atoms with E-state index in [1.807, 2.05) is 31.2 Å². The molecule has 0 radical (unpaired) electrons. The van der Waals surface area contributed by atoms with Crippen LogP contribution in [0, 0.1) is 6.92 Å². The van der Waals surface area contributed by atoms with E-state index >= 15 is 0 Å². The lowest BCUT2D eigenvalue weighted by Gasteiger charge is -2.07. The first kappa shape index (κ1) is 19.5. The van der Waals surface area contributed by atoms with Crippen LogP contribution >= 0.6 is 0 Å². The van der Waals surface area contributed by atoms with E-state index in [1.54, 1.807) is 12.1 Å². The zero-order chi connectivity index (χ0) is 21.3. The van der Waals surface area contributed by atoms with Crippen molar-refractivity contribution in [2.24, 2.45) is 0 Å². The monoisotopic (exact) mass is 411 g/mol. The Balaban J connectivity index is 1.46. The molecule has 0 aliphatic rings. The van der Waals surface area contributed by atoms with Crippen molar-refractivity contribution in [1.29, 1.82) is 0 Å². The topological polar surface area (TPSA) is 67.0 Å². The molecule has 0 saturated carbocycles. The van der Waals surface area contributed by atoms with Crippen molar-refractivity contribution in [2.75, 3.05) is 5.32 Å². The SMILES string of the molecule is Cc1ccc(Oc2ccc(NC(=O)c3cc4ccc(C(F)(F)F)cc4[nH]3)cn2)cc1. The average molecular weight is 411 g/mol. The van der Waals surface area contributed by atoms with Crippen molar-refractivity contribution < 1.29 is 22.7 Å². The molecule has 8 heteroatoms. The molecule has 4 aromatic rings. The summed E-state index contributed by atoms with van der Waals surface area (Å²) in [4.78, 5) is 19.3. The zero-order valence-electron chi connectivity index (χ0n) is 15.7. The van der Waals surface area contributed by atoms with Crippen LogP contribution in [0.1, 0.15) is 21.6 Å². The Morgan fingerprint density at radius 2 is 1.80 bits per heavy atom. The third-order valence-corrected chi connectivity index (χ3v) is 4.43. The van der Waals surface area contributed by atoms with E-state index in [0.29, 0.717) is 22.7 Å². The van der Waals surface area contributed by atoms with E-state index < -0.39 is 17.6 Å². The predicted octanol–water partition coefficient (Wildman–Crippen LogP) is 5.93. The average Bonchev–Trinajstić information content (AvgIpc) is 3.14. The minimum Gasteiger partial charge on any atom is -0.439 e. The van der Waals surface area contributed by atoms with Gasteiger partial charge in [0.25, 0.3) is 5.91 Å². The number of carbonyl (C=O) groups is 1. The van der Waals surface area contributed by atoms with Crippen molar-refractivity contribution in [1.82, 2.24) is 9.97 Å². The molecule has 1 amide bonds. The molecule has 0 aliphatic carbocycles. The van der Waals surface area contributed by atoms with Gasteiger partial charge < -0.3 is 15.0 Å². The Morgan fingerprint density at radius 3 is 2.47 bits per heavy atom. The van der Waals surface area contributed by atoms with Gasteiger partial charge in [0.1, 0.15) is 11.4 Å². The Morgan fingerprint density at radius 1 is 1.03 bits per heavy atom. The molecule has 152 valence electrons. The van der Waals surface area contributed by atoms with E-state index in [0.717, 1.165) is 17.7 Å². The quantitative estimate of drug-likeness (QED) is 0.437. The molecule has 0 aliphatic heterocycles. The van der Waals surface area contributed by atoms with E-state index in [-0.39, 0.29) is 11.2 Å². The van der Waals surface area contributed by atoms with Gasteiger partial charge in [0.15, 0.2) is 0 Å². The van der Waals surface area contributed by atoms with Gasteiger partial charge in [-0.05, 0) is 43.3 Å². The number of hydrogen-bond donors (Lipinski definition) is 2. The number of fused-ring (bicyclic) bond motifs is 1. The van der Waals surface area contributed by atoms with Gasteiger partial charge in [0, 0.05) is 17.0 Å². The van der Waals surface area contributed by atoms with E-state index in [4.69, 9.17) is 4.74 Å². The molecule has 2 aromatic heterocycles. The molecule has 0 spiro atoms. The molecule has 0 bridgehead atoms. The Kier molecular flexibility index (Phi) is 4.91. The number of benzene rings is 2. The maximum Gasteiger partial charge on any atom is 0.416 e. The summed E-state index contributed by atoms with van der Waals surface area (Å²) in [5.74, 6) is 0.511. The van der Waals surface area contributed by atoms with Crippen LogP contribution in [0.5, 0.6) is 11.6 Å². The van der Waals surface area contributed by atoms with Crippen LogP contribution in [0.15, 0.2) is 66.9 Å². The number of aromatic nitrogens is 2. The number of H-pyrrole nitrogens is 1.